The van der Waals surface area contributed by atoms with Crippen molar-refractivity contribution in [3.8, 4) is 5.75 Å². The molecule has 1 atom stereocenters. The summed E-state index contributed by atoms with van der Waals surface area (Å²) in [4.78, 5) is 46.2. The molecule has 10 heteroatoms. The minimum Gasteiger partial charge on any atom is -0.501 e. The Labute approximate surface area is 235 Å². The van der Waals surface area contributed by atoms with Gasteiger partial charge in [0.1, 0.15) is 5.82 Å². The number of nitrogens with zero attached hydrogens (tertiary/aromatic N) is 3. The van der Waals surface area contributed by atoms with Crippen molar-refractivity contribution < 1.29 is 23.8 Å². The fourth-order valence-corrected chi connectivity index (χ4v) is 4.98. The van der Waals surface area contributed by atoms with Gasteiger partial charge in [0.15, 0.2) is 11.5 Å². The van der Waals surface area contributed by atoms with Gasteiger partial charge in [-0.05, 0) is 41.8 Å². The molecule has 2 amide bonds. The summed E-state index contributed by atoms with van der Waals surface area (Å²) in [7, 11) is 1.42. The van der Waals surface area contributed by atoms with E-state index in [1.807, 2.05) is 36.4 Å². The molecule has 0 radical (unpaired) electrons. The van der Waals surface area contributed by atoms with Crippen LogP contribution in [0.5, 0.6) is 5.75 Å². The summed E-state index contributed by atoms with van der Waals surface area (Å²) in [6.07, 6.45) is 0.857. The Morgan fingerprint density at radius 3 is 2.34 bits per heavy atom. The average Bonchev–Trinajstić information content (AvgIpc) is 3.44. The Morgan fingerprint density at radius 2 is 1.66 bits per heavy atom. The number of nitrogens with one attached hydrogen (secondary N) is 1. The Kier molecular flexibility index (Phi) is 7.93. The summed E-state index contributed by atoms with van der Waals surface area (Å²) >= 11 is 0. The molecule has 0 spiro atoms. The van der Waals surface area contributed by atoms with Crippen molar-refractivity contribution in [1.82, 2.24) is 19.8 Å². The molecule has 0 saturated carbocycles. The first kappa shape index (κ1) is 27.7. The predicted molar refractivity (Wildman–Crippen MR) is 148 cm³/mol. The van der Waals surface area contributed by atoms with E-state index in [2.05, 4.69) is 10.3 Å². The van der Waals surface area contributed by atoms with Gasteiger partial charge >= 0.3 is 0 Å². The standard InChI is InChI=1S/C31H29FN4O5/c1-35-29(40)26(37)25(27(38)33-19-21-13-15-24(32)16-14-21)34-30(35)31(41-20-22-9-4-2-5-10-22)17-8-18-36(31)28(39)23-11-6-3-7-12-23/h2-7,9-16,37H,8,17-20H2,1H3,(H,33,38)/t31-/m0/s1. The molecule has 2 N–H and O–H groups in total. The van der Waals surface area contributed by atoms with E-state index in [-0.39, 0.29) is 24.9 Å². The van der Waals surface area contributed by atoms with Gasteiger partial charge in [0, 0.05) is 32.1 Å². The molecule has 5 rings (SSSR count). The highest BCUT2D eigenvalue weighted by molar-refractivity contribution is 5.95. The molecule has 1 aromatic heterocycles. The van der Waals surface area contributed by atoms with Gasteiger partial charge in [-0.25, -0.2) is 9.37 Å². The lowest BCUT2D eigenvalue weighted by Crippen LogP contribution is -2.50. The van der Waals surface area contributed by atoms with E-state index in [0.29, 0.717) is 30.5 Å². The number of hydrogen-bond donors (Lipinski definition) is 2. The predicted octanol–water partition coefficient (Wildman–Crippen LogP) is 3.86. The van der Waals surface area contributed by atoms with Crippen molar-refractivity contribution in [3.63, 3.8) is 0 Å². The number of aromatic nitrogens is 2. The first-order valence-corrected chi connectivity index (χ1v) is 13.2. The fourth-order valence-electron chi connectivity index (χ4n) is 4.98. The van der Waals surface area contributed by atoms with Gasteiger partial charge in [-0.1, -0.05) is 60.7 Å². The zero-order valence-electron chi connectivity index (χ0n) is 22.4. The first-order valence-electron chi connectivity index (χ1n) is 13.2. The van der Waals surface area contributed by atoms with Crippen LogP contribution in [0.2, 0.25) is 0 Å². The zero-order valence-corrected chi connectivity index (χ0v) is 22.4. The number of halogens is 1. The highest BCUT2D eigenvalue weighted by atomic mass is 19.1. The highest BCUT2D eigenvalue weighted by Gasteiger charge is 2.50. The van der Waals surface area contributed by atoms with Crippen LogP contribution in [0.3, 0.4) is 0 Å². The molecule has 9 nitrogen and oxygen atoms in total. The number of ether oxygens (including phenoxy) is 1. The molecule has 41 heavy (non-hydrogen) atoms. The molecule has 1 saturated heterocycles. The van der Waals surface area contributed by atoms with Gasteiger partial charge in [-0.3, -0.25) is 19.0 Å². The van der Waals surface area contributed by atoms with Crippen LogP contribution < -0.4 is 10.9 Å². The van der Waals surface area contributed by atoms with Crippen molar-refractivity contribution >= 4 is 11.8 Å². The molecule has 1 aliphatic rings. The maximum absolute atomic E-state index is 13.8. The lowest BCUT2D eigenvalue weighted by atomic mass is 10.1. The lowest BCUT2D eigenvalue weighted by molar-refractivity contribution is -0.142. The summed E-state index contributed by atoms with van der Waals surface area (Å²) in [5.41, 5.74) is -0.969. The third-order valence-corrected chi connectivity index (χ3v) is 7.12. The molecule has 2 heterocycles. The molecule has 210 valence electrons. The van der Waals surface area contributed by atoms with E-state index in [9.17, 15) is 23.9 Å². The van der Waals surface area contributed by atoms with Gasteiger partial charge in [-0.15, -0.1) is 0 Å². The molecular formula is C31H29FN4O5. The molecule has 0 aliphatic carbocycles. The van der Waals surface area contributed by atoms with Gasteiger partial charge < -0.3 is 20.1 Å². The molecule has 3 aromatic carbocycles. The van der Waals surface area contributed by atoms with Crippen molar-refractivity contribution in [1.29, 1.82) is 0 Å². The number of hydrogen-bond acceptors (Lipinski definition) is 6. The second-order valence-corrected chi connectivity index (χ2v) is 9.79. The van der Waals surface area contributed by atoms with E-state index in [4.69, 9.17) is 4.74 Å². The van der Waals surface area contributed by atoms with Crippen LogP contribution in [0.4, 0.5) is 4.39 Å². The third-order valence-electron chi connectivity index (χ3n) is 7.12. The average molecular weight is 557 g/mol. The Hall–Kier alpha value is -4.83. The van der Waals surface area contributed by atoms with E-state index >= 15 is 0 Å². The third kappa shape index (κ3) is 5.59. The molecule has 4 aromatic rings. The normalized spacial score (nSPS) is 16.5. The second kappa shape index (κ2) is 11.7. The number of likely N-dealkylation sites (tertiary alicyclic amines) is 1. The fraction of sp³-hybridized carbons (Fsp3) is 0.226. The van der Waals surface area contributed by atoms with Gasteiger partial charge in [0.2, 0.25) is 11.5 Å². The molecule has 1 aliphatic heterocycles. The van der Waals surface area contributed by atoms with Gasteiger partial charge in [0.05, 0.1) is 6.61 Å². The first-order chi connectivity index (χ1) is 19.8. The Morgan fingerprint density at radius 1 is 1.00 bits per heavy atom. The van der Waals surface area contributed by atoms with E-state index in [0.717, 1.165) is 10.1 Å². The van der Waals surface area contributed by atoms with Crippen molar-refractivity contribution in [3.05, 3.63) is 129 Å². The van der Waals surface area contributed by atoms with Crippen LogP contribution >= 0.6 is 0 Å². The summed E-state index contributed by atoms with van der Waals surface area (Å²) < 4.78 is 20.9. The summed E-state index contributed by atoms with van der Waals surface area (Å²) in [6.45, 7) is 0.437. The maximum atomic E-state index is 13.8. The van der Waals surface area contributed by atoms with Crippen molar-refractivity contribution in [2.24, 2.45) is 7.05 Å². The van der Waals surface area contributed by atoms with Crippen LogP contribution in [-0.2, 0) is 30.7 Å². The topological polar surface area (TPSA) is 114 Å². The Bertz CT molecular complexity index is 1610. The molecule has 0 bridgehead atoms. The van der Waals surface area contributed by atoms with E-state index < -0.39 is 34.5 Å². The molecule has 1 fully saturated rings. The van der Waals surface area contributed by atoms with E-state index in [1.54, 1.807) is 24.3 Å². The van der Waals surface area contributed by atoms with Gasteiger partial charge in [-0.2, -0.15) is 0 Å². The summed E-state index contributed by atoms with van der Waals surface area (Å²) in [5.74, 6) is -2.35. The Balaban J connectivity index is 1.56. The quantitative estimate of drug-likeness (QED) is 0.341. The van der Waals surface area contributed by atoms with Crippen LogP contribution in [0.25, 0.3) is 0 Å². The number of carbonyl (C=O) groups is 2. The van der Waals surface area contributed by atoms with Crippen molar-refractivity contribution in [2.45, 2.75) is 31.7 Å². The number of carbonyl (C=O) groups excluding carboxylic acids is 2. The largest absolute Gasteiger partial charge is 0.501 e. The zero-order chi connectivity index (χ0) is 29.0. The second-order valence-electron chi connectivity index (χ2n) is 9.79. The number of amides is 2. The number of rotatable bonds is 8. The SMILES string of the molecule is Cn1c([C@@]2(OCc3ccccc3)CCCN2C(=O)c2ccccc2)nc(C(=O)NCc2ccc(F)cc2)c(O)c1=O. The summed E-state index contributed by atoms with van der Waals surface area (Å²) in [5, 5.41) is 13.3. The lowest BCUT2D eigenvalue weighted by Gasteiger charge is -2.38. The number of aromatic hydroxyl groups is 1. The van der Waals surface area contributed by atoms with Crippen LogP contribution in [-0.4, -0.2) is 37.9 Å². The minimum absolute atomic E-state index is 0.0129. The van der Waals surface area contributed by atoms with Crippen LogP contribution in [0.1, 0.15) is 50.6 Å². The molecular weight excluding hydrogens is 527 g/mol. The smallest absolute Gasteiger partial charge is 0.296 e. The minimum atomic E-state index is -1.50. The molecule has 0 unspecified atom stereocenters. The van der Waals surface area contributed by atoms with Gasteiger partial charge in [0.25, 0.3) is 17.4 Å². The highest BCUT2D eigenvalue weighted by Crippen LogP contribution is 2.41. The van der Waals surface area contributed by atoms with E-state index in [1.165, 1.54) is 36.2 Å². The van der Waals surface area contributed by atoms with Crippen LogP contribution in [0, 0.1) is 5.82 Å². The monoisotopic (exact) mass is 556 g/mol. The maximum Gasteiger partial charge on any atom is 0.296 e. The van der Waals surface area contributed by atoms with Crippen LogP contribution in [0.15, 0.2) is 89.7 Å². The number of benzene rings is 3. The van der Waals surface area contributed by atoms with Crippen molar-refractivity contribution in [2.75, 3.05) is 6.54 Å². The summed E-state index contributed by atoms with van der Waals surface area (Å²) in [6, 6.07) is 23.6.